The van der Waals surface area contributed by atoms with E-state index in [9.17, 15) is 27.6 Å². The number of likely N-dealkylation sites (tertiary alicyclic amines) is 2. The molecule has 1 aromatic heterocycles. The predicted octanol–water partition coefficient (Wildman–Crippen LogP) is 6.45. The highest BCUT2D eigenvalue weighted by atomic mass is 32.2. The quantitative estimate of drug-likeness (QED) is 0.161. The Hall–Kier alpha value is -5.57. The van der Waals surface area contributed by atoms with Crippen LogP contribution in [0.15, 0.2) is 70.1 Å². The number of sulfonamides is 1. The zero-order chi connectivity index (χ0) is 42.2. The maximum absolute atomic E-state index is 13.7. The highest BCUT2D eigenvalue weighted by molar-refractivity contribution is 7.90. The fraction of sp³-hybridized carbons (Fsp3) is 0.455. The van der Waals surface area contributed by atoms with Crippen molar-refractivity contribution >= 4 is 50.4 Å². The molecule has 3 aliphatic heterocycles. The minimum atomic E-state index is -4.01. The third-order valence-corrected chi connectivity index (χ3v) is 13.4. The van der Waals surface area contributed by atoms with Crippen LogP contribution in [0.1, 0.15) is 77.2 Å². The standard InChI is InChI=1S/C44H52N6O8S/c1-25(2)33(23-39(51)57-5)42(52)50-18-8-10-37(50)41-45-24-35(46-41)31-14-13-28-19-27(11-12-29(28)20-31)30-15-16-38-32(21-30)22-34(48-59(38,55)56)36-9-7-17-49(36)43(53)40(26(3)4)47-44(54)58-6/h11-16,19-21,24-26,33,36-37,40H,7-10,17-18,22-23H2,1-6H3,(H,45,46)(H,47,54)/t33-,36-,37-,40-/m0/s1. The van der Waals surface area contributed by atoms with Gasteiger partial charge >= 0.3 is 12.1 Å². The number of alkyl carbamates (subject to hydrolysis) is 1. The molecule has 2 N–H and O–H groups in total. The van der Waals surface area contributed by atoms with Crippen LogP contribution in [-0.4, -0.2) is 97.2 Å². The number of rotatable bonds is 11. The molecule has 0 spiro atoms. The molecule has 312 valence electrons. The normalized spacial score (nSPS) is 19.7. The fourth-order valence-corrected chi connectivity index (χ4v) is 9.95. The molecule has 4 aromatic rings. The number of nitrogens with one attached hydrogen (secondary N) is 2. The Morgan fingerprint density at radius 2 is 1.44 bits per heavy atom. The molecule has 4 atom stereocenters. The molecule has 15 heteroatoms. The lowest BCUT2D eigenvalue weighted by Gasteiger charge is -2.32. The van der Waals surface area contributed by atoms with Crippen molar-refractivity contribution in [2.75, 3.05) is 27.3 Å². The van der Waals surface area contributed by atoms with Crippen LogP contribution in [0.4, 0.5) is 4.79 Å². The van der Waals surface area contributed by atoms with Crippen LogP contribution in [0.3, 0.4) is 0 Å². The molecular formula is C44H52N6O8S. The number of carbonyl (C=O) groups is 4. The number of ether oxygens (including phenoxy) is 2. The van der Waals surface area contributed by atoms with Gasteiger partial charge in [-0.05, 0) is 89.2 Å². The second-order valence-electron chi connectivity index (χ2n) is 16.4. The van der Waals surface area contributed by atoms with Gasteiger partial charge in [-0.3, -0.25) is 14.4 Å². The Labute approximate surface area is 344 Å². The maximum Gasteiger partial charge on any atom is 0.407 e. The minimum absolute atomic E-state index is 0.0201. The predicted molar refractivity (Wildman–Crippen MR) is 223 cm³/mol. The van der Waals surface area contributed by atoms with E-state index in [0.717, 1.165) is 46.0 Å². The molecule has 3 amide bonds. The molecule has 3 aromatic carbocycles. The van der Waals surface area contributed by atoms with Gasteiger partial charge in [-0.25, -0.2) is 9.78 Å². The average Bonchev–Trinajstić information content (AvgIpc) is 4.02. The van der Waals surface area contributed by atoms with Gasteiger partial charge in [0, 0.05) is 25.1 Å². The molecule has 0 saturated carbocycles. The van der Waals surface area contributed by atoms with E-state index >= 15 is 0 Å². The summed E-state index contributed by atoms with van der Waals surface area (Å²) in [6, 6.07) is 16.0. The number of benzene rings is 3. The van der Waals surface area contributed by atoms with Gasteiger partial charge in [-0.1, -0.05) is 58.0 Å². The summed E-state index contributed by atoms with van der Waals surface area (Å²) in [5.74, 6) is -0.729. The molecular weight excluding hydrogens is 773 g/mol. The molecule has 2 fully saturated rings. The second-order valence-corrected chi connectivity index (χ2v) is 18.0. The topological polar surface area (TPSA) is 180 Å². The van der Waals surface area contributed by atoms with Crippen molar-refractivity contribution < 1.29 is 37.1 Å². The van der Waals surface area contributed by atoms with Crippen molar-refractivity contribution in [1.82, 2.24) is 25.1 Å². The Morgan fingerprint density at radius 3 is 2.10 bits per heavy atom. The fourth-order valence-electron chi connectivity index (χ4n) is 8.66. The number of amides is 3. The molecule has 0 unspecified atom stereocenters. The van der Waals surface area contributed by atoms with Gasteiger partial charge in [-0.2, -0.15) is 12.8 Å². The van der Waals surface area contributed by atoms with E-state index in [-0.39, 0.29) is 47.4 Å². The van der Waals surface area contributed by atoms with E-state index in [1.807, 2.05) is 62.9 Å². The number of nitrogens with zero attached hydrogens (tertiary/aromatic N) is 4. The zero-order valence-electron chi connectivity index (χ0n) is 34.4. The Bertz CT molecular complexity index is 2420. The second kappa shape index (κ2) is 17.0. The van der Waals surface area contributed by atoms with Crippen LogP contribution in [0, 0.1) is 17.8 Å². The van der Waals surface area contributed by atoms with Crippen molar-refractivity contribution in [3.8, 4) is 22.4 Å². The highest BCUT2D eigenvalue weighted by Crippen LogP contribution is 2.37. The van der Waals surface area contributed by atoms with E-state index in [2.05, 4.69) is 26.8 Å². The number of methoxy groups -OCH3 is 2. The van der Waals surface area contributed by atoms with E-state index in [1.165, 1.54) is 14.2 Å². The number of H-pyrrole nitrogens is 1. The summed E-state index contributed by atoms with van der Waals surface area (Å²) in [7, 11) is -1.43. The van der Waals surface area contributed by atoms with Gasteiger partial charge in [0.2, 0.25) is 11.8 Å². The lowest BCUT2D eigenvalue weighted by Crippen LogP contribution is -2.54. The zero-order valence-corrected chi connectivity index (χ0v) is 35.2. The van der Waals surface area contributed by atoms with Gasteiger partial charge < -0.3 is 29.6 Å². The number of fused-ring (bicyclic) bond motifs is 2. The number of aromatic nitrogens is 2. The van der Waals surface area contributed by atoms with Crippen LogP contribution in [0.5, 0.6) is 0 Å². The molecule has 14 nitrogen and oxygen atoms in total. The summed E-state index contributed by atoms with van der Waals surface area (Å²) in [6.07, 6.45) is 4.29. The van der Waals surface area contributed by atoms with E-state index in [1.54, 1.807) is 23.2 Å². The van der Waals surface area contributed by atoms with Gasteiger partial charge in [0.15, 0.2) is 0 Å². The first-order valence-corrected chi connectivity index (χ1v) is 21.7. The molecule has 4 heterocycles. The SMILES string of the molecule is COC(=O)C[C@H](C(=O)N1CCC[C@H]1c1ncc(-c2ccc3cc(-c4ccc5c(c4)CC([C@@H]4CCCN4C(=O)[C@@H](NC(=O)OC)C(C)C)=NS5(=O)=O)ccc3c2)[nH]1)C(C)C. The average molecular weight is 825 g/mol. The van der Waals surface area contributed by atoms with Gasteiger partial charge in [0.1, 0.15) is 11.9 Å². The van der Waals surface area contributed by atoms with E-state index < -0.39 is 40.1 Å². The number of esters is 1. The summed E-state index contributed by atoms with van der Waals surface area (Å²) in [5, 5.41) is 4.64. The van der Waals surface area contributed by atoms with Crippen LogP contribution in [0.2, 0.25) is 0 Å². The molecule has 7 rings (SSSR count). The van der Waals surface area contributed by atoms with Crippen molar-refractivity contribution in [1.29, 1.82) is 0 Å². The van der Waals surface area contributed by atoms with Crippen LogP contribution >= 0.6 is 0 Å². The molecule has 2 saturated heterocycles. The van der Waals surface area contributed by atoms with E-state index in [0.29, 0.717) is 43.0 Å². The summed E-state index contributed by atoms with van der Waals surface area (Å²) in [4.78, 5) is 63.4. The lowest BCUT2D eigenvalue weighted by molar-refractivity contribution is -0.148. The Morgan fingerprint density at radius 1 is 0.814 bits per heavy atom. The monoisotopic (exact) mass is 824 g/mol. The van der Waals surface area contributed by atoms with E-state index in [4.69, 9.17) is 14.5 Å². The van der Waals surface area contributed by atoms with Gasteiger partial charge in [0.05, 0.1) is 61.1 Å². The first-order valence-electron chi connectivity index (χ1n) is 20.3. The molecule has 0 aliphatic carbocycles. The molecule has 0 bridgehead atoms. The number of carbonyl (C=O) groups excluding carboxylic acids is 4. The van der Waals surface area contributed by atoms with Crippen LogP contribution in [0.25, 0.3) is 33.2 Å². The number of hydrogen-bond acceptors (Lipinski definition) is 9. The first-order chi connectivity index (χ1) is 28.2. The van der Waals surface area contributed by atoms with Crippen molar-refractivity contribution in [3.05, 3.63) is 72.2 Å². The molecule has 59 heavy (non-hydrogen) atoms. The number of hydrogen-bond donors (Lipinski definition) is 2. The maximum atomic E-state index is 13.7. The first kappa shape index (κ1) is 41.6. The van der Waals surface area contributed by atoms with Crippen LogP contribution in [-0.2, 0) is 40.3 Å². The van der Waals surface area contributed by atoms with Crippen molar-refractivity contribution in [2.24, 2.45) is 22.2 Å². The number of imidazole rings is 1. The largest absolute Gasteiger partial charge is 0.469 e. The molecule has 0 radical (unpaired) electrons. The summed E-state index contributed by atoms with van der Waals surface area (Å²) in [6.45, 7) is 8.60. The van der Waals surface area contributed by atoms with Gasteiger partial charge in [0.25, 0.3) is 10.0 Å². The molecule has 3 aliphatic rings. The summed E-state index contributed by atoms with van der Waals surface area (Å²) in [5.41, 5.74) is 4.58. The smallest absolute Gasteiger partial charge is 0.407 e. The number of aromatic amines is 1. The summed E-state index contributed by atoms with van der Waals surface area (Å²) < 4.78 is 40.9. The minimum Gasteiger partial charge on any atom is -0.469 e. The third kappa shape index (κ3) is 8.48. The highest BCUT2D eigenvalue weighted by Gasteiger charge is 2.41. The Balaban J connectivity index is 1.09. The third-order valence-electron chi connectivity index (χ3n) is 11.9. The summed E-state index contributed by atoms with van der Waals surface area (Å²) >= 11 is 0. The Kier molecular flexibility index (Phi) is 12.0. The van der Waals surface area contributed by atoms with Crippen LogP contribution < -0.4 is 5.32 Å². The van der Waals surface area contributed by atoms with Gasteiger partial charge in [-0.15, -0.1) is 0 Å². The van der Waals surface area contributed by atoms with Crippen molar-refractivity contribution in [3.63, 3.8) is 0 Å². The lowest BCUT2D eigenvalue weighted by atomic mass is 9.91. The van der Waals surface area contributed by atoms with Crippen molar-refractivity contribution in [2.45, 2.75) is 89.2 Å².